The Hall–Kier alpha value is -2.87. The largest absolute Gasteiger partial charge is 0.372 e. The molecule has 0 saturated carbocycles. The molecule has 0 aliphatic rings. The van der Waals surface area contributed by atoms with Crippen LogP contribution in [0.15, 0.2) is 89.9 Å². The molecule has 3 aromatic rings. The van der Waals surface area contributed by atoms with Gasteiger partial charge in [-0.05, 0) is 38.1 Å². The monoisotopic (exact) mass is 328 g/mol. The summed E-state index contributed by atoms with van der Waals surface area (Å²) in [6.45, 7) is 6.40. The van der Waals surface area contributed by atoms with Gasteiger partial charge in [0.05, 0.1) is 11.4 Å². The molecular weight excluding hydrogens is 304 g/mol. The van der Waals surface area contributed by atoms with Crippen molar-refractivity contribution in [2.45, 2.75) is 13.8 Å². The fourth-order valence-corrected chi connectivity index (χ4v) is 2.94. The molecular formula is C23H24N2. The van der Waals surface area contributed by atoms with Crippen LogP contribution in [0.2, 0.25) is 0 Å². The summed E-state index contributed by atoms with van der Waals surface area (Å²) in [4.78, 5) is 7.26. The maximum atomic E-state index is 4.92. The standard InChI is InChI=1S/C23H24N2/c1-3-25(4-2)22-17-15-20(16-18-22)23(19-11-7-5-8-12-19)24-21-13-9-6-10-14-21/h5-18H,3-4H2,1-2H3. The van der Waals surface area contributed by atoms with Crippen molar-refractivity contribution in [2.75, 3.05) is 18.0 Å². The number of anilines is 1. The van der Waals surface area contributed by atoms with Crippen molar-refractivity contribution in [2.24, 2.45) is 4.99 Å². The van der Waals surface area contributed by atoms with Crippen LogP contribution < -0.4 is 4.90 Å². The van der Waals surface area contributed by atoms with E-state index in [2.05, 4.69) is 67.3 Å². The van der Waals surface area contributed by atoms with E-state index in [4.69, 9.17) is 4.99 Å². The van der Waals surface area contributed by atoms with Gasteiger partial charge in [0.2, 0.25) is 0 Å². The van der Waals surface area contributed by atoms with Gasteiger partial charge in [-0.2, -0.15) is 0 Å². The Balaban J connectivity index is 2.02. The van der Waals surface area contributed by atoms with Crippen LogP contribution >= 0.6 is 0 Å². The van der Waals surface area contributed by atoms with Gasteiger partial charge in [-0.25, -0.2) is 4.99 Å². The van der Waals surface area contributed by atoms with Gasteiger partial charge in [0.15, 0.2) is 0 Å². The highest BCUT2D eigenvalue weighted by atomic mass is 15.1. The Morgan fingerprint density at radius 2 is 1.20 bits per heavy atom. The van der Waals surface area contributed by atoms with E-state index in [1.165, 1.54) is 5.69 Å². The Morgan fingerprint density at radius 1 is 0.680 bits per heavy atom. The van der Waals surface area contributed by atoms with E-state index in [1.54, 1.807) is 0 Å². The van der Waals surface area contributed by atoms with Crippen molar-refractivity contribution in [1.29, 1.82) is 0 Å². The van der Waals surface area contributed by atoms with Crippen molar-refractivity contribution in [3.63, 3.8) is 0 Å². The lowest BCUT2D eigenvalue weighted by Crippen LogP contribution is -2.21. The van der Waals surface area contributed by atoms with Gasteiger partial charge in [-0.3, -0.25) is 0 Å². The molecule has 0 bridgehead atoms. The second kappa shape index (κ2) is 8.29. The van der Waals surface area contributed by atoms with Gasteiger partial charge in [-0.1, -0.05) is 60.7 Å². The van der Waals surface area contributed by atoms with Crippen molar-refractivity contribution in [1.82, 2.24) is 0 Å². The smallest absolute Gasteiger partial charge is 0.0781 e. The van der Waals surface area contributed by atoms with E-state index in [-0.39, 0.29) is 0 Å². The Kier molecular flexibility index (Phi) is 5.63. The lowest BCUT2D eigenvalue weighted by Gasteiger charge is -2.21. The summed E-state index contributed by atoms with van der Waals surface area (Å²) in [5.41, 5.74) is 5.47. The summed E-state index contributed by atoms with van der Waals surface area (Å²) in [5, 5.41) is 0. The third-order valence-electron chi connectivity index (χ3n) is 4.31. The first-order valence-corrected chi connectivity index (χ1v) is 8.86. The van der Waals surface area contributed by atoms with E-state index in [9.17, 15) is 0 Å². The molecule has 0 unspecified atom stereocenters. The fourth-order valence-electron chi connectivity index (χ4n) is 2.94. The quantitative estimate of drug-likeness (QED) is 0.530. The maximum Gasteiger partial charge on any atom is 0.0781 e. The van der Waals surface area contributed by atoms with Crippen LogP contribution in [0.25, 0.3) is 0 Å². The number of rotatable bonds is 6. The number of hydrogen-bond acceptors (Lipinski definition) is 2. The Bertz CT molecular complexity index is 802. The maximum absolute atomic E-state index is 4.92. The molecule has 0 aliphatic heterocycles. The SMILES string of the molecule is CCN(CC)c1ccc(C(=Nc2ccccc2)c2ccccc2)cc1. The summed E-state index contributed by atoms with van der Waals surface area (Å²) >= 11 is 0. The lowest BCUT2D eigenvalue weighted by molar-refractivity contribution is 0.866. The minimum absolute atomic E-state index is 0.967. The van der Waals surface area contributed by atoms with Crippen LogP contribution in [-0.2, 0) is 0 Å². The zero-order valence-corrected chi connectivity index (χ0v) is 14.9. The zero-order chi connectivity index (χ0) is 17.5. The second-order valence-corrected chi connectivity index (χ2v) is 5.88. The van der Waals surface area contributed by atoms with Gasteiger partial charge in [0, 0.05) is 29.9 Å². The molecule has 0 aromatic heterocycles. The average molecular weight is 328 g/mol. The molecule has 0 saturated heterocycles. The molecule has 25 heavy (non-hydrogen) atoms. The molecule has 0 heterocycles. The third kappa shape index (κ3) is 4.16. The topological polar surface area (TPSA) is 15.6 Å². The molecule has 0 amide bonds. The first kappa shape index (κ1) is 17.0. The number of nitrogens with zero attached hydrogens (tertiary/aromatic N) is 2. The summed E-state index contributed by atoms with van der Waals surface area (Å²) < 4.78 is 0. The summed E-state index contributed by atoms with van der Waals surface area (Å²) in [6, 6.07) is 29.2. The molecule has 3 aromatic carbocycles. The van der Waals surface area contributed by atoms with Gasteiger partial charge < -0.3 is 4.90 Å². The van der Waals surface area contributed by atoms with Crippen LogP contribution in [0, 0.1) is 0 Å². The number of para-hydroxylation sites is 1. The highest BCUT2D eigenvalue weighted by Gasteiger charge is 2.08. The first-order valence-electron chi connectivity index (χ1n) is 8.86. The van der Waals surface area contributed by atoms with Gasteiger partial charge >= 0.3 is 0 Å². The molecule has 0 radical (unpaired) electrons. The molecule has 3 rings (SSSR count). The molecule has 0 N–H and O–H groups in total. The first-order chi connectivity index (χ1) is 12.3. The van der Waals surface area contributed by atoms with Gasteiger partial charge in [0.1, 0.15) is 0 Å². The van der Waals surface area contributed by atoms with Crippen LogP contribution in [0.1, 0.15) is 25.0 Å². The Morgan fingerprint density at radius 3 is 1.76 bits per heavy atom. The van der Waals surface area contributed by atoms with E-state index in [0.717, 1.165) is 35.6 Å². The molecule has 126 valence electrons. The minimum Gasteiger partial charge on any atom is -0.372 e. The van der Waals surface area contributed by atoms with Crippen molar-refractivity contribution < 1.29 is 0 Å². The van der Waals surface area contributed by atoms with Crippen LogP contribution in [0.4, 0.5) is 11.4 Å². The molecule has 0 fully saturated rings. The molecule has 0 spiro atoms. The number of benzene rings is 3. The van der Waals surface area contributed by atoms with E-state index < -0.39 is 0 Å². The fraction of sp³-hybridized carbons (Fsp3) is 0.174. The zero-order valence-electron chi connectivity index (χ0n) is 14.9. The highest BCUT2D eigenvalue weighted by molar-refractivity contribution is 6.14. The molecule has 0 atom stereocenters. The predicted molar refractivity (Wildman–Crippen MR) is 108 cm³/mol. The van der Waals surface area contributed by atoms with Gasteiger partial charge in [0.25, 0.3) is 0 Å². The van der Waals surface area contributed by atoms with Crippen LogP contribution in [0.3, 0.4) is 0 Å². The van der Waals surface area contributed by atoms with E-state index in [1.807, 2.05) is 36.4 Å². The Labute approximate surface area is 150 Å². The number of hydrogen-bond donors (Lipinski definition) is 0. The van der Waals surface area contributed by atoms with Crippen molar-refractivity contribution in [3.05, 3.63) is 96.1 Å². The van der Waals surface area contributed by atoms with Crippen LogP contribution in [-0.4, -0.2) is 18.8 Å². The van der Waals surface area contributed by atoms with Crippen molar-refractivity contribution in [3.8, 4) is 0 Å². The van der Waals surface area contributed by atoms with E-state index in [0.29, 0.717) is 0 Å². The number of aliphatic imine (C=N–C) groups is 1. The van der Waals surface area contributed by atoms with Crippen molar-refractivity contribution >= 4 is 17.1 Å². The summed E-state index contributed by atoms with van der Waals surface area (Å²) in [7, 11) is 0. The minimum atomic E-state index is 0.967. The molecule has 2 nitrogen and oxygen atoms in total. The third-order valence-corrected chi connectivity index (χ3v) is 4.31. The summed E-state index contributed by atoms with van der Waals surface area (Å²) in [6.07, 6.45) is 0. The van der Waals surface area contributed by atoms with E-state index >= 15 is 0 Å². The molecule has 0 aliphatic carbocycles. The highest BCUT2D eigenvalue weighted by Crippen LogP contribution is 2.21. The lowest BCUT2D eigenvalue weighted by atomic mass is 10.0. The summed E-state index contributed by atoms with van der Waals surface area (Å²) in [5.74, 6) is 0. The van der Waals surface area contributed by atoms with Crippen LogP contribution in [0.5, 0.6) is 0 Å². The second-order valence-electron chi connectivity index (χ2n) is 5.88. The van der Waals surface area contributed by atoms with Gasteiger partial charge in [-0.15, -0.1) is 0 Å². The predicted octanol–water partition coefficient (Wildman–Crippen LogP) is 5.70. The molecule has 2 heteroatoms. The normalized spacial score (nSPS) is 11.4. The average Bonchev–Trinajstić information content (AvgIpc) is 2.69.